The van der Waals surface area contributed by atoms with Gasteiger partial charge in [-0.1, -0.05) is 42.5 Å². The molecule has 2 aromatic rings. The molecule has 0 amide bonds. The number of carbonyl (C=O) groups is 2. The van der Waals surface area contributed by atoms with Gasteiger partial charge in [-0.25, -0.2) is 0 Å². The van der Waals surface area contributed by atoms with Crippen LogP contribution in [-0.2, 0) is 29.7 Å². The molecular weight excluding hydrogens is 364 g/mol. The van der Waals surface area contributed by atoms with Gasteiger partial charge in [-0.15, -0.1) is 0 Å². The number of aliphatic imine (C=N–C) groups is 1. The standard InChI is InChI=1S/C24H24N2O3/c25-15-16-2-6-19(7-3-16)23(29)24(10-1-11-26-24)21-9-8-18-5-4-17(13-22(27)28)12-20(18)14-21/h1-3,6-11,14,17H,4-5,12-13,15,25H2,(H,27,28). The lowest BCUT2D eigenvalue weighted by molar-refractivity contribution is -0.138. The smallest absolute Gasteiger partial charge is 0.303 e. The minimum Gasteiger partial charge on any atom is -0.481 e. The lowest BCUT2D eigenvalue weighted by atomic mass is 9.77. The van der Waals surface area contributed by atoms with Crippen LogP contribution in [0, 0.1) is 5.92 Å². The van der Waals surface area contributed by atoms with E-state index in [9.17, 15) is 9.59 Å². The van der Waals surface area contributed by atoms with Gasteiger partial charge in [0.25, 0.3) is 0 Å². The van der Waals surface area contributed by atoms with E-state index < -0.39 is 11.5 Å². The number of fused-ring (bicyclic) bond motifs is 1. The number of ketones is 1. The molecule has 1 heterocycles. The Labute approximate surface area is 170 Å². The van der Waals surface area contributed by atoms with Crippen LogP contribution in [0.4, 0.5) is 0 Å². The minimum atomic E-state index is -1.07. The monoisotopic (exact) mass is 388 g/mol. The van der Waals surface area contributed by atoms with E-state index in [1.165, 1.54) is 5.56 Å². The van der Waals surface area contributed by atoms with E-state index in [0.717, 1.165) is 36.0 Å². The third kappa shape index (κ3) is 3.66. The van der Waals surface area contributed by atoms with Crippen LogP contribution in [0.1, 0.15) is 45.5 Å². The summed E-state index contributed by atoms with van der Waals surface area (Å²) in [6, 6.07) is 13.4. The van der Waals surface area contributed by atoms with Gasteiger partial charge in [0, 0.05) is 24.7 Å². The first-order chi connectivity index (χ1) is 14.0. The third-order valence-electron chi connectivity index (χ3n) is 5.94. The highest BCUT2D eigenvalue weighted by Crippen LogP contribution is 2.37. The summed E-state index contributed by atoms with van der Waals surface area (Å²) < 4.78 is 0. The largest absolute Gasteiger partial charge is 0.481 e. The van der Waals surface area contributed by atoms with Crippen LogP contribution in [0.5, 0.6) is 0 Å². The molecule has 0 spiro atoms. The maximum absolute atomic E-state index is 13.5. The first-order valence-corrected chi connectivity index (χ1v) is 9.93. The molecule has 0 aromatic heterocycles. The zero-order chi connectivity index (χ0) is 20.4. The Morgan fingerprint density at radius 3 is 2.59 bits per heavy atom. The Hall–Kier alpha value is -3.05. The van der Waals surface area contributed by atoms with Crippen LogP contribution in [-0.4, -0.2) is 23.1 Å². The van der Waals surface area contributed by atoms with Crippen molar-refractivity contribution in [1.29, 1.82) is 0 Å². The van der Waals surface area contributed by atoms with E-state index in [2.05, 4.69) is 11.1 Å². The van der Waals surface area contributed by atoms with Crippen molar-refractivity contribution in [1.82, 2.24) is 0 Å². The third-order valence-corrected chi connectivity index (χ3v) is 5.94. The molecular formula is C24H24N2O3. The van der Waals surface area contributed by atoms with Crippen molar-refractivity contribution in [3.63, 3.8) is 0 Å². The van der Waals surface area contributed by atoms with Gasteiger partial charge < -0.3 is 10.8 Å². The van der Waals surface area contributed by atoms with Crippen LogP contribution in [0.15, 0.2) is 59.6 Å². The van der Waals surface area contributed by atoms with Gasteiger partial charge in [0.15, 0.2) is 11.3 Å². The fourth-order valence-electron chi connectivity index (χ4n) is 4.33. The Kier molecular flexibility index (Phi) is 5.16. The van der Waals surface area contributed by atoms with Crippen LogP contribution < -0.4 is 5.73 Å². The van der Waals surface area contributed by atoms with Gasteiger partial charge in [-0.3, -0.25) is 14.6 Å². The molecule has 2 unspecified atom stereocenters. The molecule has 29 heavy (non-hydrogen) atoms. The summed E-state index contributed by atoms with van der Waals surface area (Å²) in [5.41, 5.74) is 9.34. The summed E-state index contributed by atoms with van der Waals surface area (Å²) in [4.78, 5) is 29.2. The van der Waals surface area contributed by atoms with Crippen molar-refractivity contribution in [3.8, 4) is 0 Å². The second-order valence-corrected chi connectivity index (χ2v) is 7.82. The van der Waals surface area contributed by atoms with Crippen LogP contribution >= 0.6 is 0 Å². The molecule has 2 atom stereocenters. The quantitative estimate of drug-likeness (QED) is 0.742. The van der Waals surface area contributed by atoms with E-state index in [1.54, 1.807) is 24.4 Å². The molecule has 0 radical (unpaired) electrons. The fraction of sp³-hybridized carbons (Fsp3) is 0.292. The number of hydrogen-bond acceptors (Lipinski definition) is 4. The topological polar surface area (TPSA) is 92.8 Å². The molecule has 0 saturated carbocycles. The molecule has 1 aliphatic heterocycles. The van der Waals surface area contributed by atoms with Gasteiger partial charge in [-0.2, -0.15) is 0 Å². The van der Waals surface area contributed by atoms with Gasteiger partial charge in [-0.05, 0) is 59.6 Å². The normalized spacial score (nSPS) is 22.4. The van der Waals surface area contributed by atoms with Crippen molar-refractivity contribution >= 4 is 18.0 Å². The average Bonchev–Trinajstić information content (AvgIpc) is 3.23. The Balaban J connectivity index is 1.69. The van der Waals surface area contributed by atoms with Crippen molar-refractivity contribution < 1.29 is 14.7 Å². The van der Waals surface area contributed by atoms with E-state index in [0.29, 0.717) is 12.1 Å². The average molecular weight is 388 g/mol. The number of allylic oxidation sites excluding steroid dienone is 1. The van der Waals surface area contributed by atoms with Gasteiger partial charge in [0.2, 0.25) is 0 Å². The molecule has 4 rings (SSSR count). The number of hydrogen-bond donors (Lipinski definition) is 2. The lowest BCUT2D eigenvalue weighted by Crippen LogP contribution is -2.31. The summed E-state index contributed by atoms with van der Waals surface area (Å²) in [6.45, 7) is 0.431. The predicted octanol–water partition coefficient (Wildman–Crippen LogP) is 3.44. The van der Waals surface area contributed by atoms with E-state index in [1.807, 2.05) is 30.3 Å². The van der Waals surface area contributed by atoms with Gasteiger partial charge >= 0.3 is 5.97 Å². The van der Waals surface area contributed by atoms with Crippen molar-refractivity contribution in [3.05, 3.63) is 82.4 Å². The number of carbonyl (C=O) groups excluding carboxylic acids is 1. The molecule has 0 saturated heterocycles. The number of rotatable bonds is 6. The van der Waals surface area contributed by atoms with Gasteiger partial charge in [0.05, 0.1) is 0 Å². The summed E-state index contributed by atoms with van der Waals surface area (Å²) >= 11 is 0. The molecule has 5 heteroatoms. The van der Waals surface area contributed by atoms with Crippen molar-refractivity contribution in [2.24, 2.45) is 16.6 Å². The Morgan fingerprint density at radius 1 is 1.14 bits per heavy atom. The Morgan fingerprint density at radius 2 is 1.93 bits per heavy atom. The van der Waals surface area contributed by atoms with E-state index in [-0.39, 0.29) is 18.1 Å². The lowest BCUT2D eigenvalue weighted by Gasteiger charge is -2.28. The summed E-state index contributed by atoms with van der Waals surface area (Å²) in [5.74, 6) is -0.706. The van der Waals surface area contributed by atoms with Crippen LogP contribution in [0.25, 0.3) is 0 Å². The van der Waals surface area contributed by atoms with Crippen molar-refractivity contribution in [2.45, 2.75) is 37.8 Å². The first-order valence-electron chi connectivity index (χ1n) is 9.93. The number of aryl methyl sites for hydroxylation is 1. The second kappa shape index (κ2) is 7.76. The van der Waals surface area contributed by atoms with Gasteiger partial charge in [0.1, 0.15) is 0 Å². The molecule has 1 aliphatic carbocycles. The number of nitrogens with zero attached hydrogens (tertiary/aromatic N) is 1. The van der Waals surface area contributed by atoms with Crippen LogP contribution in [0.2, 0.25) is 0 Å². The Bertz CT molecular complexity index is 993. The molecule has 3 N–H and O–H groups in total. The SMILES string of the molecule is NCc1ccc(C(=O)C2(c3ccc4c(c3)CC(CC(=O)O)CC4)C=CC=N2)cc1. The number of carboxylic acid groups (broad SMARTS) is 1. The highest BCUT2D eigenvalue weighted by Gasteiger charge is 2.39. The number of benzene rings is 2. The maximum Gasteiger partial charge on any atom is 0.303 e. The predicted molar refractivity (Wildman–Crippen MR) is 112 cm³/mol. The van der Waals surface area contributed by atoms with Crippen molar-refractivity contribution in [2.75, 3.05) is 0 Å². The second-order valence-electron chi connectivity index (χ2n) is 7.82. The summed E-state index contributed by atoms with van der Waals surface area (Å²) in [7, 11) is 0. The summed E-state index contributed by atoms with van der Waals surface area (Å²) in [6.07, 6.45) is 7.96. The first kappa shape index (κ1) is 19.3. The maximum atomic E-state index is 13.5. The minimum absolute atomic E-state index is 0.0797. The summed E-state index contributed by atoms with van der Waals surface area (Å²) in [5, 5.41) is 9.14. The highest BCUT2D eigenvalue weighted by atomic mass is 16.4. The molecule has 148 valence electrons. The molecule has 0 bridgehead atoms. The fourth-order valence-corrected chi connectivity index (χ4v) is 4.33. The number of carboxylic acids is 1. The molecule has 0 fully saturated rings. The molecule has 5 nitrogen and oxygen atoms in total. The number of aliphatic carboxylic acids is 1. The van der Waals surface area contributed by atoms with Crippen LogP contribution in [0.3, 0.4) is 0 Å². The highest BCUT2D eigenvalue weighted by molar-refractivity contribution is 6.07. The number of Topliss-reactive ketones (excluding diaryl/α,β-unsaturated/α-hetero) is 1. The number of nitrogens with two attached hydrogens (primary N) is 1. The zero-order valence-corrected chi connectivity index (χ0v) is 16.2. The molecule has 2 aliphatic rings. The zero-order valence-electron chi connectivity index (χ0n) is 16.2. The van der Waals surface area contributed by atoms with E-state index in [4.69, 9.17) is 10.8 Å². The van der Waals surface area contributed by atoms with E-state index >= 15 is 0 Å². The molecule has 2 aromatic carbocycles.